The van der Waals surface area contributed by atoms with Crippen LogP contribution < -0.4 is 10.6 Å². The van der Waals surface area contributed by atoms with Gasteiger partial charge in [0, 0.05) is 32.2 Å². The van der Waals surface area contributed by atoms with E-state index >= 15 is 0 Å². The van der Waals surface area contributed by atoms with Crippen molar-refractivity contribution in [2.24, 2.45) is 4.99 Å². The molecule has 1 saturated heterocycles. The summed E-state index contributed by atoms with van der Waals surface area (Å²) in [4.78, 5) is 9.96. The second kappa shape index (κ2) is 14.4. The average Bonchev–Trinajstić information content (AvgIpc) is 2.61. The van der Waals surface area contributed by atoms with E-state index < -0.39 is 0 Å². The number of nitrogens with one attached hydrogen (secondary N) is 2. The molecule has 25 heavy (non-hydrogen) atoms. The molecule has 0 aromatic rings. The quantitative estimate of drug-likeness (QED) is 0.322. The molecule has 0 aromatic carbocycles. The molecule has 148 valence electrons. The molecule has 0 saturated carbocycles. The summed E-state index contributed by atoms with van der Waals surface area (Å²) in [5, 5.41) is 7.07. The van der Waals surface area contributed by atoms with Gasteiger partial charge in [-0.05, 0) is 71.6 Å². The molecule has 1 aliphatic heterocycles. The second-order valence-corrected chi connectivity index (χ2v) is 7.22. The fourth-order valence-electron chi connectivity index (χ4n) is 3.58. The molecule has 0 bridgehead atoms. The second-order valence-electron chi connectivity index (χ2n) is 7.22. The number of hydrogen-bond acceptors (Lipinski definition) is 3. The van der Waals surface area contributed by atoms with Crippen LogP contribution in [0.15, 0.2) is 4.99 Å². The summed E-state index contributed by atoms with van der Waals surface area (Å²) in [5.74, 6) is 1.01. The first-order valence-electron chi connectivity index (χ1n) is 10.7. The highest BCUT2D eigenvalue weighted by Crippen LogP contribution is 2.10. The predicted molar refractivity (Wildman–Crippen MR) is 111 cm³/mol. The third-order valence-electron chi connectivity index (χ3n) is 4.79. The van der Waals surface area contributed by atoms with E-state index in [2.05, 4.69) is 48.1 Å². The van der Waals surface area contributed by atoms with Crippen molar-refractivity contribution in [2.45, 2.75) is 72.3 Å². The third-order valence-corrected chi connectivity index (χ3v) is 4.79. The number of piperidine rings is 1. The maximum Gasteiger partial charge on any atom is 0.191 e. The van der Waals surface area contributed by atoms with E-state index in [1.165, 1.54) is 71.4 Å². The van der Waals surface area contributed by atoms with Crippen LogP contribution in [0.3, 0.4) is 0 Å². The Hall–Kier alpha value is -0.810. The highest BCUT2D eigenvalue weighted by molar-refractivity contribution is 5.80. The molecule has 0 aromatic heterocycles. The Bertz CT molecular complexity index is 331. The minimum Gasteiger partial charge on any atom is -0.357 e. The van der Waals surface area contributed by atoms with Gasteiger partial charge in [-0.2, -0.15) is 0 Å². The molecule has 0 amide bonds. The molecule has 1 fully saturated rings. The van der Waals surface area contributed by atoms with Gasteiger partial charge in [-0.1, -0.05) is 20.8 Å². The van der Waals surface area contributed by atoms with Crippen molar-refractivity contribution < 1.29 is 0 Å². The maximum absolute atomic E-state index is 4.81. The molecular formula is C20H43N5. The summed E-state index contributed by atoms with van der Waals surface area (Å²) >= 11 is 0. The first-order valence-corrected chi connectivity index (χ1v) is 10.7. The third kappa shape index (κ3) is 10.0. The molecule has 0 atom stereocenters. The summed E-state index contributed by atoms with van der Waals surface area (Å²) in [6.07, 6.45) is 7.34. The minimum atomic E-state index is 0.572. The van der Waals surface area contributed by atoms with Crippen molar-refractivity contribution in [3.05, 3.63) is 0 Å². The Kier molecular flexibility index (Phi) is 12.8. The molecule has 0 aliphatic carbocycles. The Balaban J connectivity index is 2.33. The smallest absolute Gasteiger partial charge is 0.191 e. The van der Waals surface area contributed by atoms with Crippen molar-refractivity contribution in [3.8, 4) is 0 Å². The molecule has 1 aliphatic rings. The van der Waals surface area contributed by atoms with Crippen LogP contribution in [0.4, 0.5) is 0 Å². The summed E-state index contributed by atoms with van der Waals surface area (Å²) in [6, 6.07) is 0.572. The van der Waals surface area contributed by atoms with Gasteiger partial charge >= 0.3 is 0 Å². The van der Waals surface area contributed by atoms with Crippen molar-refractivity contribution in [1.82, 2.24) is 20.4 Å². The van der Waals surface area contributed by atoms with E-state index in [1.807, 2.05) is 0 Å². The summed E-state index contributed by atoms with van der Waals surface area (Å²) in [7, 11) is 0. The zero-order valence-electron chi connectivity index (χ0n) is 17.3. The van der Waals surface area contributed by atoms with E-state index in [0.29, 0.717) is 6.04 Å². The number of likely N-dealkylation sites (tertiary alicyclic amines) is 1. The lowest BCUT2D eigenvalue weighted by atomic mass is 10.1. The molecular weight excluding hydrogens is 310 g/mol. The maximum atomic E-state index is 4.81. The number of rotatable bonds is 12. The highest BCUT2D eigenvalue weighted by Gasteiger charge is 2.19. The lowest BCUT2D eigenvalue weighted by Gasteiger charge is -2.32. The molecule has 5 heteroatoms. The van der Waals surface area contributed by atoms with Gasteiger partial charge in [-0.25, -0.2) is 0 Å². The van der Waals surface area contributed by atoms with Gasteiger partial charge in [0.1, 0.15) is 0 Å². The minimum absolute atomic E-state index is 0.572. The van der Waals surface area contributed by atoms with Crippen LogP contribution in [0, 0.1) is 0 Å². The first kappa shape index (κ1) is 22.2. The van der Waals surface area contributed by atoms with Crippen LogP contribution in [0.25, 0.3) is 0 Å². The van der Waals surface area contributed by atoms with Crippen molar-refractivity contribution in [3.63, 3.8) is 0 Å². The zero-order chi connectivity index (χ0) is 18.3. The molecule has 0 spiro atoms. The number of hydrogen-bond donors (Lipinski definition) is 2. The molecule has 5 nitrogen and oxygen atoms in total. The van der Waals surface area contributed by atoms with Gasteiger partial charge in [-0.3, -0.25) is 4.99 Å². The Labute approximate surface area is 156 Å². The highest BCUT2D eigenvalue weighted by atomic mass is 15.2. The van der Waals surface area contributed by atoms with Crippen molar-refractivity contribution in [2.75, 3.05) is 52.4 Å². The Morgan fingerprint density at radius 1 is 1.00 bits per heavy atom. The van der Waals surface area contributed by atoms with E-state index in [-0.39, 0.29) is 0 Å². The standard InChI is InChI=1S/C20H43N5/c1-5-13-24(14-6-2)16-9-12-22-20(21-8-4)23-19-10-17-25(15-7-3)18-11-19/h19H,5-18H2,1-4H3,(H2,21,22,23). The van der Waals surface area contributed by atoms with E-state index in [4.69, 9.17) is 4.99 Å². The van der Waals surface area contributed by atoms with Gasteiger partial charge < -0.3 is 20.4 Å². The Morgan fingerprint density at radius 3 is 2.24 bits per heavy atom. The largest absolute Gasteiger partial charge is 0.357 e. The first-order chi connectivity index (χ1) is 12.2. The van der Waals surface area contributed by atoms with Crippen LogP contribution in [0.2, 0.25) is 0 Å². The fourth-order valence-corrected chi connectivity index (χ4v) is 3.58. The van der Waals surface area contributed by atoms with Gasteiger partial charge in [0.25, 0.3) is 0 Å². The van der Waals surface area contributed by atoms with E-state index in [0.717, 1.165) is 25.5 Å². The molecule has 1 heterocycles. The monoisotopic (exact) mass is 353 g/mol. The summed E-state index contributed by atoms with van der Waals surface area (Å²) in [5.41, 5.74) is 0. The summed E-state index contributed by atoms with van der Waals surface area (Å²) < 4.78 is 0. The lowest BCUT2D eigenvalue weighted by Crippen LogP contribution is -2.48. The number of guanidine groups is 1. The molecule has 0 unspecified atom stereocenters. The van der Waals surface area contributed by atoms with Gasteiger partial charge in [0.15, 0.2) is 5.96 Å². The van der Waals surface area contributed by atoms with Crippen LogP contribution in [-0.2, 0) is 0 Å². The van der Waals surface area contributed by atoms with Crippen LogP contribution >= 0.6 is 0 Å². The average molecular weight is 354 g/mol. The van der Waals surface area contributed by atoms with Gasteiger partial charge in [-0.15, -0.1) is 0 Å². The number of aliphatic imine (C=N–C) groups is 1. The zero-order valence-corrected chi connectivity index (χ0v) is 17.3. The van der Waals surface area contributed by atoms with Crippen LogP contribution in [0.1, 0.15) is 66.2 Å². The normalized spacial score (nSPS) is 17.2. The van der Waals surface area contributed by atoms with E-state index in [1.54, 1.807) is 0 Å². The molecule has 1 rings (SSSR count). The SMILES string of the molecule is CCCN(CCC)CCCN=C(NCC)NC1CCN(CCC)CC1. The fraction of sp³-hybridized carbons (Fsp3) is 0.950. The predicted octanol–water partition coefficient (Wildman–Crippen LogP) is 2.93. The molecule has 0 radical (unpaired) electrons. The van der Waals surface area contributed by atoms with Crippen LogP contribution in [-0.4, -0.2) is 74.2 Å². The van der Waals surface area contributed by atoms with Crippen LogP contribution in [0.5, 0.6) is 0 Å². The van der Waals surface area contributed by atoms with E-state index in [9.17, 15) is 0 Å². The van der Waals surface area contributed by atoms with Gasteiger partial charge in [0.2, 0.25) is 0 Å². The van der Waals surface area contributed by atoms with Gasteiger partial charge in [0.05, 0.1) is 0 Å². The summed E-state index contributed by atoms with van der Waals surface area (Å²) in [6.45, 7) is 18.0. The Morgan fingerprint density at radius 2 is 1.68 bits per heavy atom. The topological polar surface area (TPSA) is 42.9 Å². The van der Waals surface area contributed by atoms with Crippen molar-refractivity contribution in [1.29, 1.82) is 0 Å². The number of nitrogens with zero attached hydrogens (tertiary/aromatic N) is 3. The lowest BCUT2D eigenvalue weighted by molar-refractivity contribution is 0.206. The molecule has 2 N–H and O–H groups in total. The van der Waals surface area contributed by atoms with Crippen molar-refractivity contribution >= 4 is 5.96 Å².